The number of carbonyl (C=O) groups is 1. The summed E-state index contributed by atoms with van der Waals surface area (Å²) in [5.41, 5.74) is 3.11. The van der Waals surface area contributed by atoms with Crippen molar-refractivity contribution in [3.05, 3.63) is 29.3 Å². The van der Waals surface area contributed by atoms with Crippen LogP contribution in [0.2, 0.25) is 0 Å². The fourth-order valence-corrected chi connectivity index (χ4v) is 3.03. The van der Waals surface area contributed by atoms with E-state index >= 15 is 0 Å². The molecule has 1 aliphatic heterocycles. The van der Waals surface area contributed by atoms with Gasteiger partial charge in [-0.05, 0) is 31.9 Å². The molecule has 1 aliphatic rings. The van der Waals surface area contributed by atoms with Crippen molar-refractivity contribution in [1.29, 1.82) is 0 Å². The van der Waals surface area contributed by atoms with Gasteiger partial charge in [0.05, 0.1) is 13.2 Å². The third kappa shape index (κ3) is 4.29. The maximum Gasteiger partial charge on any atom is 0.238 e. The zero-order valence-electron chi connectivity index (χ0n) is 13.8. The maximum absolute atomic E-state index is 12.3. The van der Waals surface area contributed by atoms with Gasteiger partial charge in [0.15, 0.2) is 0 Å². The fraction of sp³-hybridized carbons (Fsp3) is 0.588. The first-order chi connectivity index (χ1) is 10.5. The van der Waals surface area contributed by atoms with Crippen LogP contribution in [0, 0.1) is 13.8 Å². The van der Waals surface area contributed by atoms with Crippen molar-refractivity contribution < 1.29 is 9.90 Å². The van der Waals surface area contributed by atoms with Crippen LogP contribution in [0.4, 0.5) is 5.69 Å². The molecule has 0 saturated carbocycles. The summed E-state index contributed by atoms with van der Waals surface area (Å²) < 4.78 is 0. The van der Waals surface area contributed by atoms with E-state index in [2.05, 4.69) is 22.0 Å². The minimum absolute atomic E-state index is 0.0415. The van der Waals surface area contributed by atoms with Crippen molar-refractivity contribution in [1.82, 2.24) is 9.80 Å². The second kappa shape index (κ2) is 7.72. The van der Waals surface area contributed by atoms with Crippen molar-refractivity contribution in [2.45, 2.75) is 26.8 Å². The van der Waals surface area contributed by atoms with E-state index in [9.17, 15) is 4.79 Å². The number of carbonyl (C=O) groups excluding carboxylic acids is 1. The molecule has 1 saturated heterocycles. The minimum atomic E-state index is 0.0415. The number of anilines is 1. The number of piperazine rings is 1. The van der Waals surface area contributed by atoms with Crippen LogP contribution in [0.25, 0.3) is 0 Å². The van der Waals surface area contributed by atoms with Crippen molar-refractivity contribution in [3.8, 4) is 0 Å². The van der Waals surface area contributed by atoms with E-state index in [1.165, 1.54) is 0 Å². The van der Waals surface area contributed by atoms with Gasteiger partial charge in [-0.25, -0.2) is 0 Å². The highest BCUT2D eigenvalue weighted by molar-refractivity contribution is 5.93. The molecule has 1 unspecified atom stereocenters. The lowest BCUT2D eigenvalue weighted by Crippen LogP contribution is -2.54. The zero-order chi connectivity index (χ0) is 16.1. The molecule has 0 bridgehead atoms. The number of benzene rings is 1. The normalized spacial score (nSPS) is 20.1. The highest BCUT2D eigenvalue weighted by Gasteiger charge is 2.25. The first-order valence-corrected chi connectivity index (χ1v) is 7.94. The average molecular weight is 305 g/mol. The summed E-state index contributed by atoms with van der Waals surface area (Å²) >= 11 is 0. The molecule has 1 aromatic rings. The van der Waals surface area contributed by atoms with Crippen molar-refractivity contribution in [3.63, 3.8) is 0 Å². The van der Waals surface area contributed by atoms with Gasteiger partial charge >= 0.3 is 0 Å². The molecule has 1 amide bonds. The van der Waals surface area contributed by atoms with E-state index in [0.29, 0.717) is 19.1 Å². The quantitative estimate of drug-likeness (QED) is 0.859. The number of rotatable bonds is 5. The third-order valence-electron chi connectivity index (χ3n) is 4.36. The molecule has 2 rings (SSSR count). The molecule has 5 heteroatoms. The molecule has 22 heavy (non-hydrogen) atoms. The maximum atomic E-state index is 12.3. The summed E-state index contributed by atoms with van der Waals surface area (Å²) in [7, 11) is 0. The topological polar surface area (TPSA) is 55.8 Å². The van der Waals surface area contributed by atoms with Crippen LogP contribution >= 0.6 is 0 Å². The Morgan fingerprint density at radius 2 is 2.00 bits per heavy atom. The van der Waals surface area contributed by atoms with E-state index in [4.69, 9.17) is 5.11 Å². The van der Waals surface area contributed by atoms with Crippen LogP contribution < -0.4 is 5.32 Å². The van der Waals surface area contributed by atoms with Crippen molar-refractivity contribution in [2.24, 2.45) is 0 Å². The van der Waals surface area contributed by atoms with E-state index in [-0.39, 0.29) is 12.5 Å². The number of para-hydroxylation sites is 1. The van der Waals surface area contributed by atoms with Crippen LogP contribution in [0.3, 0.4) is 0 Å². The molecular formula is C17H27N3O2. The van der Waals surface area contributed by atoms with E-state index < -0.39 is 0 Å². The Morgan fingerprint density at radius 3 is 2.59 bits per heavy atom. The zero-order valence-corrected chi connectivity index (χ0v) is 13.8. The average Bonchev–Trinajstić information content (AvgIpc) is 2.46. The molecule has 122 valence electrons. The second-order valence-electron chi connectivity index (χ2n) is 6.16. The van der Waals surface area contributed by atoms with Gasteiger partial charge in [-0.2, -0.15) is 0 Å². The predicted molar refractivity (Wildman–Crippen MR) is 89.1 cm³/mol. The summed E-state index contributed by atoms with van der Waals surface area (Å²) in [6, 6.07) is 6.35. The molecule has 5 nitrogen and oxygen atoms in total. The number of nitrogens with one attached hydrogen (secondary N) is 1. The molecule has 2 N–H and O–H groups in total. The molecule has 0 spiro atoms. The Hall–Kier alpha value is -1.43. The summed E-state index contributed by atoms with van der Waals surface area (Å²) in [6.07, 6.45) is 0. The van der Waals surface area contributed by atoms with Crippen LogP contribution in [-0.4, -0.2) is 66.2 Å². The molecule has 0 aromatic heterocycles. The Kier molecular flexibility index (Phi) is 5.94. The van der Waals surface area contributed by atoms with Gasteiger partial charge < -0.3 is 10.4 Å². The number of amides is 1. The van der Waals surface area contributed by atoms with Gasteiger partial charge in [0.25, 0.3) is 0 Å². The molecule has 1 aromatic carbocycles. The monoisotopic (exact) mass is 305 g/mol. The Labute approximate surface area is 132 Å². The van der Waals surface area contributed by atoms with Gasteiger partial charge in [-0.3, -0.25) is 14.6 Å². The highest BCUT2D eigenvalue weighted by Crippen LogP contribution is 2.19. The van der Waals surface area contributed by atoms with Crippen LogP contribution in [0.5, 0.6) is 0 Å². The molecule has 1 atom stereocenters. The second-order valence-corrected chi connectivity index (χ2v) is 6.16. The highest BCUT2D eigenvalue weighted by atomic mass is 16.3. The smallest absolute Gasteiger partial charge is 0.238 e. The standard InChI is InChI=1S/C17H27N3O2/c1-13-5-4-6-14(2)17(13)18-16(22)12-20-8-7-19(9-10-21)11-15(20)3/h4-6,15,21H,7-12H2,1-3H3,(H,18,22). The number of aliphatic hydroxyl groups excluding tert-OH is 1. The summed E-state index contributed by atoms with van der Waals surface area (Å²) in [5, 5.41) is 12.1. The molecule has 1 heterocycles. The van der Waals surface area contributed by atoms with Crippen LogP contribution in [-0.2, 0) is 4.79 Å². The number of aryl methyl sites for hydroxylation is 2. The lowest BCUT2D eigenvalue weighted by Gasteiger charge is -2.39. The Balaban J connectivity index is 1.90. The lowest BCUT2D eigenvalue weighted by atomic mass is 10.1. The third-order valence-corrected chi connectivity index (χ3v) is 4.36. The van der Waals surface area contributed by atoms with Crippen molar-refractivity contribution >= 4 is 11.6 Å². The predicted octanol–water partition coefficient (Wildman–Crippen LogP) is 1.24. The Morgan fingerprint density at radius 1 is 1.32 bits per heavy atom. The molecule has 0 radical (unpaired) electrons. The van der Waals surface area contributed by atoms with Crippen molar-refractivity contribution in [2.75, 3.05) is 44.6 Å². The van der Waals surface area contributed by atoms with Gasteiger partial charge in [-0.15, -0.1) is 0 Å². The lowest BCUT2D eigenvalue weighted by molar-refractivity contribution is -0.118. The number of nitrogens with zero attached hydrogens (tertiary/aromatic N) is 2. The fourth-order valence-electron chi connectivity index (χ4n) is 3.03. The van der Waals surface area contributed by atoms with Gasteiger partial charge in [-0.1, -0.05) is 18.2 Å². The number of β-amino-alcohol motifs (C(OH)–C–C–N with tert-alkyl or cyclic N) is 1. The first kappa shape index (κ1) is 16.9. The number of hydrogen-bond acceptors (Lipinski definition) is 4. The largest absolute Gasteiger partial charge is 0.395 e. The summed E-state index contributed by atoms with van der Waals surface area (Å²) in [6.45, 7) is 10.2. The Bertz CT molecular complexity index is 498. The van der Waals surface area contributed by atoms with E-state index in [1.54, 1.807) is 0 Å². The van der Waals surface area contributed by atoms with Gasteiger partial charge in [0.1, 0.15) is 0 Å². The first-order valence-electron chi connectivity index (χ1n) is 7.94. The van der Waals surface area contributed by atoms with E-state index in [0.717, 1.165) is 36.4 Å². The van der Waals surface area contributed by atoms with Gasteiger partial charge in [0.2, 0.25) is 5.91 Å². The summed E-state index contributed by atoms with van der Waals surface area (Å²) in [5.74, 6) is 0.0415. The van der Waals surface area contributed by atoms with E-state index in [1.807, 2.05) is 32.0 Å². The molecule has 0 aliphatic carbocycles. The number of hydrogen-bond donors (Lipinski definition) is 2. The SMILES string of the molecule is Cc1cccc(C)c1NC(=O)CN1CCN(CCO)CC1C. The number of aliphatic hydroxyl groups is 1. The summed E-state index contributed by atoms with van der Waals surface area (Å²) in [4.78, 5) is 16.8. The van der Waals surface area contributed by atoms with Crippen LogP contribution in [0.1, 0.15) is 18.1 Å². The van der Waals surface area contributed by atoms with Gasteiger partial charge in [0, 0.05) is 37.9 Å². The molecule has 1 fully saturated rings. The minimum Gasteiger partial charge on any atom is -0.395 e. The molecular weight excluding hydrogens is 278 g/mol. The van der Waals surface area contributed by atoms with Crippen LogP contribution in [0.15, 0.2) is 18.2 Å².